The molecule has 2 aromatic rings. The fourth-order valence-corrected chi connectivity index (χ4v) is 2.23. The molecule has 0 saturated heterocycles. The van der Waals surface area contributed by atoms with Crippen LogP contribution in [-0.2, 0) is 4.79 Å². The normalized spacial score (nSPS) is 13.8. The predicted molar refractivity (Wildman–Crippen MR) is 79.0 cm³/mol. The summed E-state index contributed by atoms with van der Waals surface area (Å²) in [4.78, 5) is 16.2. The molecule has 4 nitrogen and oxygen atoms in total. The van der Waals surface area contributed by atoms with Crippen LogP contribution in [0.4, 0.5) is 5.69 Å². The maximum absolute atomic E-state index is 11.9. The zero-order valence-corrected chi connectivity index (χ0v) is 11.8. The highest BCUT2D eigenvalue weighted by molar-refractivity contribution is 7.13. The molecule has 2 unspecified atom stereocenters. The van der Waals surface area contributed by atoms with Gasteiger partial charge < -0.3 is 11.1 Å². The van der Waals surface area contributed by atoms with Gasteiger partial charge in [-0.15, -0.1) is 11.3 Å². The molecule has 19 heavy (non-hydrogen) atoms. The summed E-state index contributed by atoms with van der Waals surface area (Å²) >= 11 is 1.57. The minimum atomic E-state index is -0.219. The molecule has 0 spiro atoms. The van der Waals surface area contributed by atoms with Crippen molar-refractivity contribution in [1.82, 2.24) is 4.98 Å². The number of amides is 1. The molecule has 100 valence electrons. The van der Waals surface area contributed by atoms with Crippen molar-refractivity contribution >= 4 is 22.9 Å². The molecule has 5 heteroatoms. The zero-order valence-electron chi connectivity index (χ0n) is 11.0. The van der Waals surface area contributed by atoms with E-state index in [0.29, 0.717) is 0 Å². The smallest absolute Gasteiger partial charge is 0.228 e. The monoisotopic (exact) mass is 275 g/mol. The third kappa shape index (κ3) is 3.39. The van der Waals surface area contributed by atoms with Gasteiger partial charge in [0.2, 0.25) is 5.91 Å². The van der Waals surface area contributed by atoms with Crippen molar-refractivity contribution in [2.24, 2.45) is 11.7 Å². The molecule has 0 radical (unpaired) electrons. The van der Waals surface area contributed by atoms with E-state index in [4.69, 9.17) is 5.73 Å². The Hall–Kier alpha value is -1.72. The van der Waals surface area contributed by atoms with Crippen LogP contribution in [0.5, 0.6) is 0 Å². The van der Waals surface area contributed by atoms with Crippen molar-refractivity contribution < 1.29 is 4.79 Å². The van der Waals surface area contributed by atoms with E-state index in [-0.39, 0.29) is 17.9 Å². The quantitative estimate of drug-likeness (QED) is 0.901. The number of carbonyl (C=O) groups excluding carboxylic acids is 1. The Bertz CT molecular complexity index is 552. The lowest BCUT2D eigenvalue weighted by atomic mass is 10.0. The Morgan fingerprint density at radius 3 is 2.84 bits per heavy atom. The summed E-state index contributed by atoms with van der Waals surface area (Å²) in [7, 11) is 0. The fraction of sp³-hybridized carbons (Fsp3) is 0.286. The third-order valence-corrected chi connectivity index (χ3v) is 3.83. The van der Waals surface area contributed by atoms with Gasteiger partial charge in [-0.25, -0.2) is 4.98 Å². The number of rotatable bonds is 4. The number of nitrogens with one attached hydrogen (secondary N) is 1. The van der Waals surface area contributed by atoms with Gasteiger partial charge in [0.25, 0.3) is 0 Å². The number of carbonyl (C=O) groups is 1. The second-order valence-corrected chi connectivity index (χ2v) is 5.45. The summed E-state index contributed by atoms with van der Waals surface area (Å²) in [6.07, 6.45) is 1.77. The van der Waals surface area contributed by atoms with Gasteiger partial charge in [-0.05, 0) is 19.1 Å². The largest absolute Gasteiger partial charge is 0.327 e. The van der Waals surface area contributed by atoms with Gasteiger partial charge >= 0.3 is 0 Å². The van der Waals surface area contributed by atoms with Crippen molar-refractivity contribution in [2.75, 3.05) is 5.32 Å². The number of nitrogens with two attached hydrogens (primary N) is 1. The molecule has 0 fully saturated rings. The number of anilines is 1. The Kier molecular flexibility index (Phi) is 4.29. The molecular formula is C14H17N3OS. The lowest BCUT2D eigenvalue weighted by Gasteiger charge is -2.15. The number of thiazole rings is 1. The summed E-state index contributed by atoms with van der Waals surface area (Å²) in [6.45, 7) is 3.65. The average molecular weight is 275 g/mol. The summed E-state index contributed by atoms with van der Waals surface area (Å²) in [5.74, 6) is -0.283. The van der Waals surface area contributed by atoms with Gasteiger partial charge in [0.05, 0.1) is 5.92 Å². The van der Waals surface area contributed by atoms with Crippen molar-refractivity contribution in [3.8, 4) is 10.6 Å². The van der Waals surface area contributed by atoms with Crippen LogP contribution in [0, 0.1) is 5.92 Å². The SMILES string of the molecule is CC(N)C(C)C(=O)Nc1cccc(-c2nccs2)c1. The number of nitrogens with zero attached hydrogens (tertiary/aromatic N) is 1. The first-order valence-corrected chi connectivity index (χ1v) is 7.02. The van der Waals surface area contributed by atoms with E-state index in [1.807, 2.05) is 43.5 Å². The summed E-state index contributed by atoms with van der Waals surface area (Å²) in [6, 6.07) is 7.50. The molecule has 1 aromatic carbocycles. The molecule has 1 amide bonds. The molecular weight excluding hydrogens is 258 g/mol. The van der Waals surface area contributed by atoms with Crippen LogP contribution in [0.3, 0.4) is 0 Å². The topological polar surface area (TPSA) is 68.0 Å². The maximum Gasteiger partial charge on any atom is 0.228 e. The molecule has 3 N–H and O–H groups in total. The Morgan fingerprint density at radius 1 is 1.42 bits per heavy atom. The van der Waals surface area contributed by atoms with Gasteiger partial charge in [-0.1, -0.05) is 19.1 Å². The van der Waals surface area contributed by atoms with Crippen molar-refractivity contribution in [3.05, 3.63) is 35.8 Å². The Morgan fingerprint density at radius 2 is 2.21 bits per heavy atom. The van der Waals surface area contributed by atoms with Crippen molar-refractivity contribution in [1.29, 1.82) is 0 Å². The fourth-order valence-electron chi connectivity index (χ4n) is 1.59. The van der Waals surface area contributed by atoms with Gasteiger partial charge in [0.1, 0.15) is 5.01 Å². The first-order valence-electron chi connectivity index (χ1n) is 6.14. The molecule has 0 aliphatic carbocycles. The maximum atomic E-state index is 11.9. The Balaban J connectivity index is 2.14. The number of aromatic nitrogens is 1. The number of benzene rings is 1. The van der Waals surface area contributed by atoms with Gasteiger partial charge in [-0.3, -0.25) is 4.79 Å². The Labute approximate surface area is 116 Å². The highest BCUT2D eigenvalue weighted by Gasteiger charge is 2.17. The highest BCUT2D eigenvalue weighted by atomic mass is 32.1. The van der Waals surface area contributed by atoms with E-state index in [2.05, 4.69) is 10.3 Å². The average Bonchev–Trinajstić information content (AvgIpc) is 2.91. The minimum Gasteiger partial charge on any atom is -0.327 e. The van der Waals surface area contributed by atoms with Crippen LogP contribution < -0.4 is 11.1 Å². The molecule has 2 rings (SSSR count). The lowest BCUT2D eigenvalue weighted by molar-refractivity contribution is -0.119. The van der Waals surface area contributed by atoms with Gasteiger partial charge in [0, 0.05) is 28.9 Å². The highest BCUT2D eigenvalue weighted by Crippen LogP contribution is 2.24. The van der Waals surface area contributed by atoms with Crippen LogP contribution in [0.2, 0.25) is 0 Å². The van der Waals surface area contributed by atoms with E-state index in [1.165, 1.54) is 0 Å². The van der Waals surface area contributed by atoms with Crippen LogP contribution in [0.1, 0.15) is 13.8 Å². The molecule has 0 saturated carbocycles. The minimum absolute atomic E-state index is 0.0636. The standard InChI is InChI=1S/C14H17N3OS/c1-9(10(2)15)13(18)17-12-5-3-4-11(8-12)14-16-6-7-19-14/h3-10H,15H2,1-2H3,(H,17,18). The van der Waals surface area contributed by atoms with Crippen LogP contribution in [0.25, 0.3) is 10.6 Å². The molecule has 0 aliphatic heterocycles. The molecule has 1 aromatic heterocycles. The summed E-state index contributed by atoms with van der Waals surface area (Å²) in [5, 5.41) is 5.75. The second kappa shape index (κ2) is 5.95. The number of hydrogen-bond acceptors (Lipinski definition) is 4. The van der Waals surface area contributed by atoms with E-state index in [1.54, 1.807) is 17.5 Å². The van der Waals surface area contributed by atoms with E-state index < -0.39 is 0 Å². The number of hydrogen-bond donors (Lipinski definition) is 2. The lowest BCUT2D eigenvalue weighted by Crippen LogP contribution is -2.34. The van der Waals surface area contributed by atoms with Crippen LogP contribution in [-0.4, -0.2) is 16.9 Å². The van der Waals surface area contributed by atoms with E-state index >= 15 is 0 Å². The molecule has 0 bridgehead atoms. The second-order valence-electron chi connectivity index (χ2n) is 4.56. The van der Waals surface area contributed by atoms with Crippen LogP contribution >= 0.6 is 11.3 Å². The van der Waals surface area contributed by atoms with Crippen molar-refractivity contribution in [2.45, 2.75) is 19.9 Å². The van der Waals surface area contributed by atoms with Crippen LogP contribution in [0.15, 0.2) is 35.8 Å². The van der Waals surface area contributed by atoms with E-state index in [0.717, 1.165) is 16.3 Å². The first kappa shape index (κ1) is 13.7. The summed E-state index contributed by atoms with van der Waals surface area (Å²) < 4.78 is 0. The van der Waals surface area contributed by atoms with Crippen molar-refractivity contribution in [3.63, 3.8) is 0 Å². The summed E-state index contributed by atoms with van der Waals surface area (Å²) in [5.41, 5.74) is 7.50. The first-order chi connectivity index (χ1) is 9.08. The zero-order chi connectivity index (χ0) is 13.8. The van der Waals surface area contributed by atoms with Gasteiger partial charge in [-0.2, -0.15) is 0 Å². The van der Waals surface area contributed by atoms with Gasteiger partial charge in [0.15, 0.2) is 0 Å². The molecule has 2 atom stereocenters. The molecule has 0 aliphatic rings. The third-order valence-electron chi connectivity index (χ3n) is 3.01. The molecule has 1 heterocycles. The van der Waals surface area contributed by atoms with E-state index in [9.17, 15) is 4.79 Å². The predicted octanol–water partition coefficient (Wildman–Crippen LogP) is 2.73.